The summed E-state index contributed by atoms with van der Waals surface area (Å²) in [6.45, 7) is 0.950. The summed E-state index contributed by atoms with van der Waals surface area (Å²) in [5.74, 6) is -0.128. The monoisotopic (exact) mass is 374 g/mol. The van der Waals surface area contributed by atoms with E-state index >= 15 is 0 Å². The quantitative estimate of drug-likeness (QED) is 0.446. The maximum atomic E-state index is 12.0. The van der Waals surface area contributed by atoms with Gasteiger partial charge in [0, 0.05) is 36.8 Å². The van der Waals surface area contributed by atoms with E-state index in [1.54, 1.807) is 24.3 Å². The predicted molar refractivity (Wildman–Crippen MR) is 91.1 cm³/mol. The number of hydrogen-bond acceptors (Lipinski definition) is 5. The molecule has 1 aromatic carbocycles. The Bertz CT molecular complexity index is 713. The van der Waals surface area contributed by atoms with Crippen LogP contribution in [0.5, 0.6) is 0 Å². The van der Waals surface area contributed by atoms with Crippen molar-refractivity contribution >= 4 is 33.4 Å². The maximum Gasteiger partial charge on any atom is 0.263 e. The number of amides is 1. The van der Waals surface area contributed by atoms with Gasteiger partial charge in [0.05, 0.1) is 6.26 Å². The van der Waals surface area contributed by atoms with Gasteiger partial charge in [-0.3, -0.25) is 4.79 Å². The van der Waals surface area contributed by atoms with Gasteiger partial charge in [-0.2, -0.15) is 4.31 Å². The van der Waals surface area contributed by atoms with E-state index in [-0.39, 0.29) is 31.4 Å². The van der Waals surface area contributed by atoms with Gasteiger partial charge in [0.25, 0.3) is 5.91 Å². The van der Waals surface area contributed by atoms with Crippen molar-refractivity contribution in [2.75, 3.05) is 39.0 Å². The van der Waals surface area contributed by atoms with E-state index in [4.69, 9.17) is 22.2 Å². The fourth-order valence-electron chi connectivity index (χ4n) is 2.19. The van der Waals surface area contributed by atoms with Gasteiger partial charge in [-0.15, -0.1) is 0 Å². The van der Waals surface area contributed by atoms with E-state index < -0.39 is 10.0 Å². The number of benzene rings is 1. The number of sulfonamides is 1. The summed E-state index contributed by atoms with van der Waals surface area (Å²) in [4.78, 5) is 18.6. The molecule has 1 fully saturated rings. The number of carbonyl (C=O) groups is 1. The highest BCUT2D eigenvalue weighted by Gasteiger charge is 2.26. The molecule has 24 heavy (non-hydrogen) atoms. The minimum absolute atomic E-state index is 0.140. The highest BCUT2D eigenvalue weighted by atomic mass is 35.5. The molecule has 1 aliphatic rings. The van der Waals surface area contributed by atoms with E-state index in [2.05, 4.69) is 5.16 Å². The molecule has 8 nitrogen and oxygen atoms in total. The summed E-state index contributed by atoms with van der Waals surface area (Å²) in [6.07, 6.45) is 1.15. The molecule has 1 aromatic rings. The van der Waals surface area contributed by atoms with Crippen molar-refractivity contribution in [3.63, 3.8) is 0 Å². The highest BCUT2D eigenvalue weighted by molar-refractivity contribution is 7.88. The molecule has 132 valence electrons. The van der Waals surface area contributed by atoms with E-state index in [1.807, 2.05) is 0 Å². The molecular weight excluding hydrogens is 356 g/mol. The molecule has 1 aliphatic heterocycles. The van der Waals surface area contributed by atoms with Gasteiger partial charge in [-0.25, -0.2) is 8.42 Å². The van der Waals surface area contributed by atoms with Crippen molar-refractivity contribution in [1.29, 1.82) is 0 Å². The van der Waals surface area contributed by atoms with Crippen molar-refractivity contribution < 1.29 is 18.0 Å². The Kier molecular flexibility index (Phi) is 6.03. The van der Waals surface area contributed by atoms with Crippen LogP contribution >= 0.6 is 11.6 Å². The zero-order valence-corrected chi connectivity index (χ0v) is 14.8. The Morgan fingerprint density at radius 2 is 1.83 bits per heavy atom. The molecule has 0 aliphatic carbocycles. The standard InChI is InChI=1S/C14H19ClN4O4S/c1-24(21,22)19-8-6-18(7-9-19)13(20)10-23-17-14(16)11-2-4-12(15)5-3-11/h2-5H,6-10H2,1H3,(H2,16,17). The minimum Gasteiger partial charge on any atom is -0.384 e. The normalized spacial score (nSPS) is 16.9. The molecule has 0 spiro atoms. The Balaban J connectivity index is 1.81. The molecule has 1 heterocycles. The Morgan fingerprint density at radius 3 is 2.38 bits per heavy atom. The first kappa shape index (κ1) is 18.5. The Morgan fingerprint density at radius 1 is 1.25 bits per heavy atom. The largest absolute Gasteiger partial charge is 0.384 e. The van der Waals surface area contributed by atoms with Gasteiger partial charge in [-0.1, -0.05) is 16.8 Å². The second-order valence-electron chi connectivity index (χ2n) is 5.30. The van der Waals surface area contributed by atoms with Crippen LogP contribution < -0.4 is 5.73 Å². The number of hydrogen-bond donors (Lipinski definition) is 1. The van der Waals surface area contributed by atoms with Crippen LogP contribution in [0.3, 0.4) is 0 Å². The molecular formula is C14H19ClN4O4S. The number of halogens is 1. The topological polar surface area (TPSA) is 105 Å². The number of rotatable bonds is 5. The number of carbonyl (C=O) groups excluding carboxylic acids is 1. The van der Waals surface area contributed by atoms with Crippen molar-refractivity contribution in [1.82, 2.24) is 9.21 Å². The van der Waals surface area contributed by atoms with Crippen molar-refractivity contribution in [3.05, 3.63) is 34.9 Å². The summed E-state index contributed by atoms with van der Waals surface area (Å²) in [6, 6.07) is 6.73. The molecule has 0 bridgehead atoms. The molecule has 1 saturated heterocycles. The average Bonchev–Trinajstić information content (AvgIpc) is 2.54. The lowest BCUT2D eigenvalue weighted by Crippen LogP contribution is -2.51. The first-order valence-electron chi connectivity index (χ1n) is 7.21. The molecule has 0 radical (unpaired) electrons. The third-order valence-corrected chi connectivity index (χ3v) is 5.11. The summed E-state index contributed by atoms with van der Waals surface area (Å²) < 4.78 is 24.2. The third kappa shape index (κ3) is 5.08. The number of nitrogens with two attached hydrogens (primary N) is 1. The van der Waals surface area contributed by atoms with E-state index in [0.717, 1.165) is 6.26 Å². The lowest BCUT2D eigenvalue weighted by atomic mass is 10.2. The zero-order chi connectivity index (χ0) is 17.7. The van der Waals surface area contributed by atoms with Crippen LogP contribution in [-0.4, -0.2) is 68.4 Å². The molecule has 0 unspecified atom stereocenters. The number of nitrogens with zero attached hydrogens (tertiary/aromatic N) is 3. The van der Waals surface area contributed by atoms with Gasteiger partial charge >= 0.3 is 0 Å². The Hall–Kier alpha value is -1.84. The smallest absolute Gasteiger partial charge is 0.263 e. The van der Waals surface area contributed by atoms with Crippen molar-refractivity contribution in [3.8, 4) is 0 Å². The minimum atomic E-state index is -3.22. The molecule has 0 aromatic heterocycles. The van der Waals surface area contributed by atoms with Crippen molar-refractivity contribution in [2.24, 2.45) is 10.9 Å². The summed E-state index contributed by atoms with van der Waals surface area (Å²) in [5, 5.41) is 4.29. The molecule has 0 saturated carbocycles. The number of amidine groups is 1. The molecule has 10 heteroatoms. The predicted octanol–water partition coefficient (Wildman–Crippen LogP) is 0.0807. The number of piperazine rings is 1. The van der Waals surface area contributed by atoms with E-state index in [1.165, 1.54) is 9.21 Å². The average molecular weight is 375 g/mol. The Labute approximate surface area is 145 Å². The van der Waals surface area contributed by atoms with Gasteiger partial charge in [0.1, 0.15) is 0 Å². The van der Waals surface area contributed by atoms with Crippen LogP contribution in [0.1, 0.15) is 5.56 Å². The SMILES string of the molecule is CS(=O)(=O)N1CCN(C(=O)CO/N=C(\N)c2ccc(Cl)cc2)CC1. The highest BCUT2D eigenvalue weighted by Crippen LogP contribution is 2.09. The van der Waals surface area contributed by atoms with E-state index in [9.17, 15) is 13.2 Å². The van der Waals surface area contributed by atoms with Crippen LogP contribution in [0.25, 0.3) is 0 Å². The van der Waals surface area contributed by atoms with Crippen LogP contribution in [-0.2, 0) is 19.7 Å². The molecule has 0 atom stereocenters. The van der Waals surface area contributed by atoms with Crippen LogP contribution in [0, 0.1) is 0 Å². The van der Waals surface area contributed by atoms with Gasteiger partial charge in [0.2, 0.25) is 10.0 Å². The van der Waals surface area contributed by atoms with E-state index in [0.29, 0.717) is 23.7 Å². The van der Waals surface area contributed by atoms with Gasteiger partial charge < -0.3 is 15.5 Å². The third-order valence-electron chi connectivity index (χ3n) is 3.55. The number of oxime groups is 1. The fourth-order valence-corrected chi connectivity index (χ4v) is 3.14. The van der Waals surface area contributed by atoms with Crippen LogP contribution in [0.15, 0.2) is 29.4 Å². The zero-order valence-electron chi connectivity index (χ0n) is 13.2. The summed E-state index contributed by atoms with van der Waals surface area (Å²) >= 11 is 5.78. The first-order valence-corrected chi connectivity index (χ1v) is 9.44. The molecule has 1 amide bonds. The first-order chi connectivity index (χ1) is 11.3. The lowest BCUT2D eigenvalue weighted by Gasteiger charge is -2.32. The van der Waals surface area contributed by atoms with Crippen LogP contribution in [0.2, 0.25) is 5.02 Å². The second kappa shape index (κ2) is 7.82. The van der Waals surface area contributed by atoms with Crippen LogP contribution in [0.4, 0.5) is 0 Å². The van der Waals surface area contributed by atoms with Crippen molar-refractivity contribution in [2.45, 2.75) is 0 Å². The van der Waals surface area contributed by atoms with Gasteiger partial charge in [0.15, 0.2) is 12.4 Å². The lowest BCUT2D eigenvalue weighted by molar-refractivity contribution is -0.137. The fraction of sp³-hybridized carbons (Fsp3) is 0.429. The summed E-state index contributed by atoms with van der Waals surface area (Å²) in [5.41, 5.74) is 6.39. The summed E-state index contributed by atoms with van der Waals surface area (Å²) in [7, 11) is -3.22. The molecule has 2 rings (SSSR count). The molecule has 2 N–H and O–H groups in total. The van der Waals surface area contributed by atoms with Gasteiger partial charge in [-0.05, 0) is 24.3 Å². The maximum absolute atomic E-state index is 12.0. The second-order valence-corrected chi connectivity index (χ2v) is 7.72.